The molecular formula is C12H24N2O3. The van der Waals surface area contributed by atoms with Crippen LogP contribution in [0.3, 0.4) is 0 Å². The second-order valence-corrected chi connectivity index (χ2v) is 4.76. The van der Waals surface area contributed by atoms with Crippen molar-refractivity contribution < 1.29 is 14.7 Å². The van der Waals surface area contributed by atoms with Gasteiger partial charge in [-0.1, -0.05) is 27.7 Å². The maximum absolute atomic E-state index is 11.8. The van der Waals surface area contributed by atoms with Crippen LogP contribution in [0.15, 0.2) is 0 Å². The van der Waals surface area contributed by atoms with Crippen molar-refractivity contribution in [3.63, 3.8) is 0 Å². The van der Waals surface area contributed by atoms with E-state index in [1.165, 1.54) is 0 Å². The van der Waals surface area contributed by atoms with Gasteiger partial charge in [-0.25, -0.2) is 0 Å². The molecule has 0 aliphatic rings. The molecule has 5 heteroatoms. The van der Waals surface area contributed by atoms with Crippen LogP contribution in [0, 0.1) is 11.8 Å². The van der Waals surface area contributed by atoms with E-state index in [0.717, 1.165) is 0 Å². The molecule has 0 saturated heterocycles. The Labute approximate surface area is 103 Å². The number of hydrogen-bond acceptors (Lipinski definition) is 3. The Morgan fingerprint density at radius 3 is 2.06 bits per heavy atom. The number of amides is 1. The molecule has 0 saturated carbocycles. The van der Waals surface area contributed by atoms with Gasteiger partial charge in [0.05, 0.1) is 11.5 Å². The molecule has 0 aromatic carbocycles. The molecule has 0 aromatic rings. The zero-order valence-corrected chi connectivity index (χ0v) is 11.1. The molecule has 0 bridgehead atoms. The highest BCUT2D eigenvalue weighted by Crippen LogP contribution is 2.13. The molecule has 0 aromatic heterocycles. The SMILES string of the molecule is CCC(N)(CC)C(=O)NCC(C(=O)O)C(C)C. The molecule has 0 fully saturated rings. The monoisotopic (exact) mass is 244 g/mol. The number of nitrogens with one attached hydrogen (secondary N) is 1. The summed E-state index contributed by atoms with van der Waals surface area (Å²) in [5.74, 6) is -1.76. The standard InChI is InChI=1S/C12H24N2O3/c1-5-12(13,6-2)11(17)14-7-9(8(3)4)10(15)16/h8-9H,5-7,13H2,1-4H3,(H,14,17)(H,15,16). The lowest BCUT2D eigenvalue weighted by atomic mass is 9.92. The Balaban J connectivity index is 4.46. The number of nitrogens with two attached hydrogens (primary N) is 1. The van der Waals surface area contributed by atoms with Gasteiger partial charge in [0.15, 0.2) is 0 Å². The molecule has 1 unspecified atom stereocenters. The number of hydrogen-bond donors (Lipinski definition) is 3. The first-order chi connectivity index (χ1) is 7.78. The molecule has 0 spiro atoms. The fraction of sp³-hybridized carbons (Fsp3) is 0.833. The summed E-state index contributed by atoms with van der Waals surface area (Å²) >= 11 is 0. The highest BCUT2D eigenvalue weighted by atomic mass is 16.4. The zero-order valence-electron chi connectivity index (χ0n) is 11.1. The van der Waals surface area contributed by atoms with Crippen molar-refractivity contribution in [2.24, 2.45) is 17.6 Å². The summed E-state index contributed by atoms with van der Waals surface area (Å²) < 4.78 is 0. The molecule has 5 nitrogen and oxygen atoms in total. The van der Waals surface area contributed by atoms with Gasteiger partial charge in [-0.3, -0.25) is 9.59 Å². The summed E-state index contributed by atoms with van der Waals surface area (Å²) in [7, 11) is 0. The van der Waals surface area contributed by atoms with Crippen molar-refractivity contribution in [3.8, 4) is 0 Å². The van der Waals surface area contributed by atoms with Crippen molar-refractivity contribution in [3.05, 3.63) is 0 Å². The molecule has 1 amide bonds. The molecule has 0 aliphatic carbocycles. The Morgan fingerprint density at radius 2 is 1.76 bits per heavy atom. The normalized spacial score (nSPS) is 13.5. The Hall–Kier alpha value is -1.10. The largest absolute Gasteiger partial charge is 0.481 e. The molecule has 17 heavy (non-hydrogen) atoms. The quantitative estimate of drug-likeness (QED) is 0.622. The molecular weight excluding hydrogens is 220 g/mol. The van der Waals surface area contributed by atoms with E-state index in [2.05, 4.69) is 5.32 Å². The molecule has 0 aliphatic heterocycles. The first-order valence-corrected chi connectivity index (χ1v) is 6.08. The van der Waals surface area contributed by atoms with Crippen molar-refractivity contribution in [2.75, 3.05) is 6.54 Å². The first-order valence-electron chi connectivity index (χ1n) is 6.08. The van der Waals surface area contributed by atoms with E-state index >= 15 is 0 Å². The minimum absolute atomic E-state index is 0.0248. The summed E-state index contributed by atoms with van der Waals surface area (Å²) in [6, 6.07) is 0. The van der Waals surface area contributed by atoms with Crippen LogP contribution >= 0.6 is 0 Å². The van der Waals surface area contributed by atoms with Crippen molar-refractivity contribution in [2.45, 2.75) is 46.1 Å². The van der Waals surface area contributed by atoms with E-state index in [9.17, 15) is 9.59 Å². The molecule has 0 rings (SSSR count). The van der Waals surface area contributed by atoms with Gasteiger partial charge in [-0.2, -0.15) is 0 Å². The number of carbonyl (C=O) groups excluding carboxylic acids is 1. The zero-order chi connectivity index (χ0) is 13.6. The van der Waals surface area contributed by atoms with Gasteiger partial charge in [0.2, 0.25) is 5.91 Å². The summed E-state index contributed by atoms with van der Waals surface area (Å²) in [6.07, 6.45) is 1.07. The van der Waals surface area contributed by atoms with E-state index < -0.39 is 17.4 Å². The molecule has 0 radical (unpaired) electrons. The predicted octanol–water partition coefficient (Wildman–Crippen LogP) is 0.977. The second-order valence-electron chi connectivity index (χ2n) is 4.76. The van der Waals surface area contributed by atoms with Crippen LogP contribution < -0.4 is 11.1 Å². The van der Waals surface area contributed by atoms with Crippen molar-refractivity contribution in [1.29, 1.82) is 0 Å². The smallest absolute Gasteiger partial charge is 0.308 e. The van der Waals surface area contributed by atoms with Crippen molar-refractivity contribution in [1.82, 2.24) is 5.32 Å². The average molecular weight is 244 g/mol. The number of rotatable bonds is 7. The third-order valence-electron chi connectivity index (χ3n) is 3.32. The molecule has 0 heterocycles. The van der Waals surface area contributed by atoms with E-state index in [1.54, 1.807) is 0 Å². The van der Waals surface area contributed by atoms with Gasteiger partial charge in [0, 0.05) is 6.54 Å². The summed E-state index contributed by atoms with van der Waals surface area (Å²) in [6.45, 7) is 7.46. The summed E-state index contributed by atoms with van der Waals surface area (Å²) in [5, 5.41) is 11.6. The lowest BCUT2D eigenvalue weighted by molar-refractivity contribution is -0.143. The lowest BCUT2D eigenvalue weighted by Gasteiger charge is -2.26. The van der Waals surface area contributed by atoms with Crippen LogP contribution in [0.5, 0.6) is 0 Å². The van der Waals surface area contributed by atoms with Crippen LogP contribution in [0.25, 0.3) is 0 Å². The number of carboxylic acids is 1. The molecule has 100 valence electrons. The van der Waals surface area contributed by atoms with Gasteiger partial charge < -0.3 is 16.2 Å². The van der Waals surface area contributed by atoms with Gasteiger partial charge in [-0.05, 0) is 18.8 Å². The maximum Gasteiger partial charge on any atom is 0.308 e. The van der Waals surface area contributed by atoms with Gasteiger partial charge in [0.1, 0.15) is 0 Å². The fourth-order valence-electron chi connectivity index (χ4n) is 1.56. The Morgan fingerprint density at radius 1 is 1.29 bits per heavy atom. The van der Waals surface area contributed by atoms with E-state index in [1.807, 2.05) is 27.7 Å². The van der Waals surface area contributed by atoms with Crippen molar-refractivity contribution >= 4 is 11.9 Å². The second kappa shape index (κ2) is 6.59. The minimum Gasteiger partial charge on any atom is -0.481 e. The van der Waals surface area contributed by atoms with Crippen LogP contribution in [0.1, 0.15) is 40.5 Å². The van der Waals surface area contributed by atoms with Gasteiger partial charge in [0.25, 0.3) is 0 Å². The van der Waals surface area contributed by atoms with Gasteiger partial charge in [-0.15, -0.1) is 0 Å². The molecule has 1 atom stereocenters. The van der Waals surface area contributed by atoms with E-state index in [0.29, 0.717) is 12.8 Å². The summed E-state index contributed by atoms with van der Waals surface area (Å²) in [5.41, 5.74) is 5.03. The number of carboxylic acid groups (broad SMARTS) is 1. The maximum atomic E-state index is 11.8. The third-order valence-corrected chi connectivity index (χ3v) is 3.32. The third kappa shape index (κ3) is 4.34. The van der Waals surface area contributed by atoms with Gasteiger partial charge >= 0.3 is 5.97 Å². The van der Waals surface area contributed by atoms with Crippen LogP contribution in [0.2, 0.25) is 0 Å². The predicted molar refractivity (Wildman–Crippen MR) is 66.5 cm³/mol. The number of aliphatic carboxylic acids is 1. The first kappa shape index (κ1) is 15.9. The lowest BCUT2D eigenvalue weighted by Crippen LogP contribution is -2.54. The summed E-state index contributed by atoms with van der Waals surface area (Å²) in [4.78, 5) is 22.8. The van der Waals surface area contributed by atoms with E-state index in [-0.39, 0.29) is 18.4 Å². The van der Waals surface area contributed by atoms with Crippen LogP contribution in [0.4, 0.5) is 0 Å². The minimum atomic E-state index is -0.893. The van der Waals surface area contributed by atoms with Crippen LogP contribution in [-0.4, -0.2) is 29.1 Å². The van der Waals surface area contributed by atoms with Crippen LogP contribution in [-0.2, 0) is 9.59 Å². The Kier molecular flexibility index (Phi) is 6.16. The highest BCUT2D eigenvalue weighted by Gasteiger charge is 2.31. The fourth-order valence-corrected chi connectivity index (χ4v) is 1.56. The average Bonchev–Trinajstić information content (AvgIpc) is 2.26. The Bertz CT molecular complexity index is 273. The highest BCUT2D eigenvalue weighted by molar-refractivity contribution is 5.86. The van der Waals surface area contributed by atoms with E-state index in [4.69, 9.17) is 10.8 Å². The molecule has 4 N–H and O–H groups in total. The topological polar surface area (TPSA) is 92.4 Å². The number of carbonyl (C=O) groups is 2.